The Balaban J connectivity index is 1.70. The third-order valence-electron chi connectivity index (χ3n) is 5.69. The molecule has 2 aliphatic rings. The molecule has 1 aliphatic carbocycles. The number of fused-ring (bicyclic) bond motifs is 1. The van der Waals surface area contributed by atoms with Crippen molar-refractivity contribution in [3.8, 4) is 6.07 Å². The summed E-state index contributed by atoms with van der Waals surface area (Å²) in [7, 11) is 0. The van der Waals surface area contributed by atoms with Gasteiger partial charge in [-0.2, -0.15) is 5.26 Å². The zero-order valence-corrected chi connectivity index (χ0v) is 17.4. The van der Waals surface area contributed by atoms with Crippen molar-refractivity contribution in [2.24, 2.45) is 5.92 Å². The lowest BCUT2D eigenvalue weighted by Gasteiger charge is -2.44. The van der Waals surface area contributed by atoms with Gasteiger partial charge in [0.25, 0.3) is 0 Å². The first-order valence-corrected chi connectivity index (χ1v) is 11.0. The van der Waals surface area contributed by atoms with E-state index in [1.165, 1.54) is 43.5 Å². The molecule has 1 saturated heterocycles. The average Bonchev–Trinajstić information content (AvgIpc) is 2.71. The maximum Gasteiger partial charge on any atom is 0.340 e. The van der Waals surface area contributed by atoms with Crippen LogP contribution in [0.3, 0.4) is 0 Å². The standard InChI is InChI=1S/C21H27N3O3S/c1-3-27-21(26)17-11-16(12-22)20(23-14(17)2)28-13-19(25)24-10-6-8-15-7-4-5-9-18(15)24/h11,15,18H,3-10,13H2,1-2H3/t15-,18+/m1/s1. The summed E-state index contributed by atoms with van der Waals surface area (Å²) < 4.78 is 5.02. The van der Waals surface area contributed by atoms with Crippen molar-refractivity contribution in [2.45, 2.75) is 63.4 Å². The molecule has 0 bridgehead atoms. The topological polar surface area (TPSA) is 83.3 Å². The molecule has 0 unspecified atom stereocenters. The van der Waals surface area contributed by atoms with Crippen molar-refractivity contribution in [3.63, 3.8) is 0 Å². The van der Waals surface area contributed by atoms with Gasteiger partial charge in [0.1, 0.15) is 11.1 Å². The van der Waals surface area contributed by atoms with Crippen LogP contribution in [0.25, 0.3) is 0 Å². The van der Waals surface area contributed by atoms with Crippen LogP contribution in [0.5, 0.6) is 0 Å². The van der Waals surface area contributed by atoms with Crippen LogP contribution < -0.4 is 0 Å². The Morgan fingerprint density at radius 1 is 1.32 bits per heavy atom. The number of amides is 1. The van der Waals surface area contributed by atoms with Crippen LogP contribution in [0.15, 0.2) is 11.1 Å². The molecule has 1 amide bonds. The van der Waals surface area contributed by atoms with Gasteiger partial charge < -0.3 is 9.64 Å². The Kier molecular flexibility index (Phi) is 6.95. The lowest BCUT2D eigenvalue weighted by Crippen LogP contribution is -2.50. The number of aromatic nitrogens is 1. The Morgan fingerprint density at radius 3 is 2.82 bits per heavy atom. The van der Waals surface area contributed by atoms with Gasteiger partial charge in [-0.15, -0.1) is 0 Å². The number of hydrogen-bond donors (Lipinski definition) is 0. The number of carbonyl (C=O) groups excluding carboxylic acids is 2. The highest BCUT2D eigenvalue weighted by Crippen LogP contribution is 2.36. The minimum absolute atomic E-state index is 0.124. The molecule has 1 aromatic rings. The number of carbonyl (C=O) groups is 2. The minimum atomic E-state index is -0.478. The average molecular weight is 402 g/mol. The molecule has 2 heterocycles. The molecule has 0 spiro atoms. The number of nitrogens with zero attached hydrogens (tertiary/aromatic N) is 3. The molecule has 0 N–H and O–H groups in total. The smallest absolute Gasteiger partial charge is 0.340 e. The highest BCUT2D eigenvalue weighted by atomic mass is 32.2. The monoisotopic (exact) mass is 401 g/mol. The molecule has 1 saturated carbocycles. The molecule has 2 atom stereocenters. The zero-order chi connectivity index (χ0) is 20.1. The highest BCUT2D eigenvalue weighted by Gasteiger charge is 2.35. The fraction of sp³-hybridized carbons (Fsp3) is 0.619. The number of hydrogen-bond acceptors (Lipinski definition) is 6. The van der Waals surface area contributed by atoms with Crippen LogP contribution >= 0.6 is 11.8 Å². The number of likely N-dealkylation sites (tertiary alicyclic amines) is 1. The van der Waals surface area contributed by atoms with Gasteiger partial charge in [0.05, 0.1) is 29.2 Å². The van der Waals surface area contributed by atoms with Gasteiger partial charge >= 0.3 is 5.97 Å². The van der Waals surface area contributed by atoms with Crippen LogP contribution in [0.1, 0.15) is 67.1 Å². The number of piperidine rings is 1. The van der Waals surface area contributed by atoms with Crippen molar-refractivity contribution in [1.29, 1.82) is 5.26 Å². The van der Waals surface area contributed by atoms with Crippen LogP contribution in [0.4, 0.5) is 0 Å². The lowest BCUT2D eigenvalue weighted by atomic mass is 9.78. The van der Waals surface area contributed by atoms with E-state index < -0.39 is 5.97 Å². The second kappa shape index (κ2) is 9.42. The molecule has 0 radical (unpaired) electrons. The molecule has 28 heavy (non-hydrogen) atoms. The third kappa shape index (κ3) is 4.49. The van der Waals surface area contributed by atoms with Crippen molar-refractivity contribution < 1.29 is 14.3 Å². The molecule has 3 rings (SSSR count). The first kappa shape index (κ1) is 20.7. The molecular formula is C21H27N3O3S. The fourth-order valence-electron chi connectivity index (χ4n) is 4.34. The van der Waals surface area contributed by atoms with E-state index in [1.54, 1.807) is 13.8 Å². The Bertz CT molecular complexity index is 788. The van der Waals surface area contributed by atoms with Crippen LogP contribution in [0, 0.1) is 24.2 Å². The summed E-state index contributed by atoms with van der Waals surface area (Å²) in [5.74, 6) is 0.561. The lowest BCUT2D eigenvalue weighted by molar-refractivity contribution is -0.134. The van der Waals surface area contributed by atoms with Crippen LogP contribution in [0.2, 0.25) is 0 Å². The maximum absolute atomic E-state index is 12.9. The van der Waals surface area contributed by atoms with E-state index in [2.05, 4.69) is 16.0 Å². The van der Waals surface area contributed by atoms with E-state index in [0.29, 0.717) is 33.8 Å². The van der Waals surface area contributed by atoms with Gasteiger partial charge in [-0.25, -0.2) is 9.78 Å². The van der Waals surface area contributed by atoms with Crippen molar-refractivity contribution >= 4 is 23.6 Å². The van der Waals surface area contributed by atoms with Crippen molar-refractivity contribution in [1.82, 2.24) is 9.88 Å². The second-order valence-electron chi connectivity index (χ2n) is 7.44. The van der Waals surface area contributed by atoms with Gasteiger partial charge in [-0.3, -0.25) is 4.79 Å². The number of thioether (sulfide) groups is 1. The molecule has 150 valence electrons. The number of pyridine rings is 1. The minimum Gasteiger partial charge on any atom is -0.462 e. The summed E-state index contributed by atoms with van der Waals surface area (Å²) in [6.07, 6.45) is 7.13. The van der Waals surface area contributed by atoms with E-state index in [1.807, 2.05) is 0 Å². The van der Waals surface area contributed by atoms with Gasteiger partial charge in [0.2, 0.25) is 5.91 Å². The van der Waals surface area contributed by atoms with E-state index in [9.17, 15) is 14.9 Å². The number of aryl methyl sites for hydroxylation is 1. The molecule has 2 fully saturated rings. The van der Waals surface area contributed by atoms with E-state index in [4.69, 9.17) is 4.74 Å². The molecular weight excluding hydrogens is 374 g/mol. The predicted octanol–water partition coefficient (Wildman–Crippen LogP) is 3.71. The zero-order valence-electron chi connectivity index (χ0n) is 16.6. The third-order valence-corrected chi connectivity index (χ3v) is 6.67. The first-order valence-electron chi connectivity index (χ1n) is 10.1. The number of esters is 1. The molecule has 7 heteroatoms. The number of nitriles is 1. The summed E-state index contributed by atoms with van der Waals surface area (Å²) in [6.45, 7) is 4.55. The van der Waals surface area contributed by atoms with Crippen LogP contribution in [-0.2, 0) is 9.53 Å². The van der Waals surface area contributed by atoms with Gasteiger partial charge in [0, 0.05) is 12.6 Å². The molecule has 0 aromatic carbocycles. The quantitative estimate of drug-likeness (QED) is 0.552. The van der Waals surface area contributed by atoms with Gasteiger partial charge in [-0.05, 0) is 51.5 Å². The van der Waals surface area contributed by atoms with Gasteiger partial charge in [0.15, 0.2) is 0 Å². The number of ether oxygens (including phenoxy) is 1. The molecule has 6 nitrogen and oxygen atoms in total. The highest BCUT2D eigenvalue weighted by molar-refractivity contribution is 8.00. The summed E-state index contributed by atoms with van der Waals surface area (Å²) in [5.41, 5.74) is 1.12. The summed E-state index contributed by atoms with van der Waals surface area (Å²) in [4.78, 5) is 31.4. The SMILES string of the molecule is CCOC(=O)c1cc(C#N)c(SCC(=O)N2CCC[C@H]3CCCC[C@@H]32)nc1C. The first-order chi connectivity index (χ1) is 13.5. The summed E-state index contributed by atoms with van der Waals surface area (Å²) >= 11 is 1.28. The molecule has 1 aromatic heterocycles. The summed E-state index contributed by atoms with van der Waals surface area (Å²) in [5, 5.41) is 9.96. The van der Waals surface area contributed by atoms with E-state index in [0.717, 1.165) is 19.4 Å². The normalized spacial score (nSPS) is 21.5. The second-order valence-corrected chi connectivity index (χ2v) is 8.40. The molecule has 1 aliphatic heterocycles. The number of rotatable bonds is 5. The Labute approximate surface area is 170 Å². The maximum atomic E-state index is 12.9. The Hall–Kier alpha value is -2.07. The largest absolute Gasteiger partial charge is 0.462 e. The Morgan fingerprint density at radius 2 is 2.07 bits per heavy atom. The van der Waals surface area contributed by atoms with Gasteiger partial charge in [-0.1, -0.05) is 24.6 Å². The van der Waals surface area contributed by atoms with Crippen molar-refractivity contribution in [2.75, 3.05) is 18.9 Å². The van der Waals surface area contributed by atoms with Crippen molar-refractivity contribution in [3.05, 3.63) is 22.9 Å². The van der Waals surface area contributed by atoms with E-state index in [-0.39, 0.29) is 18.3 Å². The summed E-state index contributed by atoms with van der Waals surface area (Å²) in [6, 6.07) is 3.99. The van der Waals surface area contributed by atoms with E-state index >= 15 is 0 Å². The van der Waals surface area contributed by atoms with Crippen LogP contribution in [-0.4, -0.2) is 46.7 Å². The fourth-order valence-corrected chi connectivity index (χ4v) is 5.22. The predicted molar refractivity (Wildman–Crippen MR) is 107 cm³/mol.